The molecule has 616 valence electrons. The zero-order valence-electron chi connectivity index (χ0n) is 63.4. The SMILES string of the molecule is C.COC[C@]12CO[C@@H](C1OCc1cn(C[C@]34CO[C@@H](C3OP(=O)([O-])OC)[C@H](n3cc(C)c(=O)[nH]c3=O)O4)nn1)[C@H](n1cc(C)c(N)nc1=O)O2.[C-]#[N+]CCOP(OC1[C@@H]2OC[C@]1(Cn1cc(COC3[C@@H]4OC[C@]3(CC)O[C@H]4n3cc(C)c(NC(=O)c4ccccc4)nc3=O)nn1)O[C@H]2n1cc(C)c(=O)[nH]c1=O)N(C(C)C)C(C)C. The summed E-state index contributed by atoms with van der Waals surface area (Å²) >= 11 is 0. The largest absolute Gasteiger partial charge is 0.756 e. The average molecular weight is 1630 g/mol. The predicted molar refractivity (Wildman–Crippen MR) is 395 cm³/mol. The Hall–Kier alpha value is -8.64. The molecular formula is C70H91N18O24P2-. The lowest BCUT2D eigenvalue weighted by molar-refractivity contribution is -0.231. The molecule has 1 amide bonds. The summed E-state index contributed by atoms with van der Waals surface area (Å²) in [6.07, 6.45) is -0.590. The minimum Gasteiger partial charge on any atom is -0.756 e. The van der Waals surface area contributed by atoms with Crippen molar-refractivity contribution >= 4 is 33.9 Å². The minimum atomic E-state index is -4.81. The molecule has 44 heteroatoms. The van der Waals surface area contributed by atoms with Crippen molar-refractivity contribution in [3.8, 4) is 0 Å². The van der Waals surface area contributed by atoms with E-state index in [0.717, 1.165) is 11.7 Å². The summed E-state index contributed by atoms with van der Waals surface area (Å²) in [5, 5.41) is 20.0. The summed E-state index contributed by atoms with van der Waals surface area (Å²) in [6, 6.07) is 8.69. The lowest BCUT2D eigenvalue weighted by Crippen LogP contribution is -2.46. The van der Waals surface area contributed by atoms with E-state index in [1.807, 2.05) is 40.7 Å². The van der Waals surface area contributed by atoms with E-state index in [1.54, 1.807) is 74.5 Å². The Morgan fingerprint density at radius 2 is 1.14 bits per heavy atom. The maximum Gasteiger partial charge on any atom is 0.351 e. The number of aromatic amines is 2. The number of nitrogens with two attached hydrogens (primary N) is 1. The highest BCUT2D eigenvalue weighted by Crippen LogP contribution is 2.57. The fraction of sp³-hybridized carbons (Fsp3) is 0.600. The molecule has 8 aliphatic heterocycles. The number of fused-ring (bicyclic) bond motifs is 8. The van der Waals surface area contributed by atoms with Crippen molar-refractivity contribution in [3.05, 3.63) is 181 Å². The summed E-state index contributed by atoms with van der Waals surface area (Å²) in [5.74, 6) is -0.123. The van der Waals surface area contributed by atoms with Crippen LogP contribution in [0.15, 0.2) is 96.3 Å². The monoisotopic (exact) mass is 1630 g/mol. The third kappa shape index (κ3) is 15.9. The number of hydrogen-bond acceptors (Lipinski definition) is 32. The number of ether oxygens (including phenoxy) is 11. The zero-order chi connectivity index (χ0) is 80.4. The number of nitrogens with zero attached hydrogens (tertiary/aromatic N) is 14. The number of hydrogen-bond donors (Lipinski definition) is 4. The van der Waals surface area contributed by atoms with E-state index in [9.17, 15) is 43.0 Å². The number of aryl methyl sites for hydroxylation is 4. The first-order chi connectivity index (χ1) is 53.9. The lowest BCUT2D eigenvalue weighted by Gasteiger charge is -2.38. The van der Waals surface area contributed by atoms with Gasteiger partial charge in [0, 0.05) is 78.9 Å². The van der Waals surface area contributed by atoms with Gasteiger partial charge in [-0.05, 0) is 73.9 Å². The van der Waals surface area contributed by atoms with Crippen LogP contribution in [0, 0.1) is 34.3 Å². The molecule has 8 aliphatic rings. The van der Waals surface area contributed by atoms with Gasteiger partial charge in [-0.3, -0.25) is 47.2 Å². The number of phosphoric ester groups is 1. The van der Waals surface area contributed by atoms with Gasteiger partial charge in [-0.2, -0.15) is 9.97 Å². The van der Waals surface area contributed by atoms with Crippen molar-refractivity contribution in [2.45, 2.75) is 211 Å². The van der Waals surface area contributed by atoms with E-state index in [1.165, 1.54) is 44.8 Å². The van der Waals surface area contributed by atoms with Crippen molar-refractivity contribution in [1.82, 2.24) is 72.9 Å². The van der Waals surface area contributed by atoms with Crippen LogP contribution < -0.4 is 49.8 Å². The maximum absolute atomic E-state index is 13.5. The van der Waals surface area contributed by atoms with E-state index in [-0.39, 0.29) is 115 Å². The molecule has 7 aromatic rings. The molecule has 0 saturated carbocycles. The first-order valence-corrected chi connectivity index (χ1v) is 38.9. The molecule has 42 nitrogen and oxygen atoms in total. The molecule has 8 saturated heterocycles. The molecule has 14 heterocycles. The van der Waals surface area contributed by atoms with Gasteiger partial charge in [0.05, 0.1) is 71.7 Å². The Bertz CT molecular complexity index is 5160. The zero-order valence-corrected chi connectivity index (χ0v) is 65.2. The van der Waals surface area contributed by atoms with Gasteiger partial charge in [0.25, 0.3) is 33.4 Å². The summed E-state index contributed by atoms with van der Waals surface area (Å²) in [4.78, 5) is 118. The van der Waals surface area contributed by atoms with Crippen LogP contribution in [0.3, 0.4) is 0 Å². The van der Waals surface area contributed by atoms with Crippen molar-refractivity contribution in [2.24, 2.45) is 0 Å². The third-order valence-corrected chi connectivity index (χ3v) is 24.1. The molecule has 0 spiro atoms. The Morgan fingerprint density at radius 1 is 0.675 bits per heavy atom. The van der Waals surface area contributed by atoms with Crippen LogP contribution >= 0.6 is 16.3 Å². The van der Waals surface area contributed by atoms with Gasteiger partial charge in [0.1, 0.15) is 101 Å². The van der Waals surface area contributed by atoms with Crippen molar-refractivity contribution in [3.63, 3.8) is 0 Å². The number of amides is 1. The van der Waals surface area contributed by atoms with Crippen molar-refractivity contribution in [1.29, 1.82) is 0 Å². The number of nitrogens with one attached hydrogen (secondary N) is 3. The molecule has 1 aromatic carbocycles. The maximum atomic E-state index is 13.5. The molecule has 8 fully saturated rings. The topological polar surface area (TPSA) is 482 Å². The summed E-state index contributed by atoms with van der Waals surface area (Å²) in [5.41, 5.74) is 0.496. The molecule has 6 aromatic heterocycles. The number of methoxy groups -OCH3 is 1. The standard InChI is InChI=1S/C42H53N10O11P.C27H35N8O13P.CH4/c1-9-41-22-58-30(37(61-41)50-17-26(6)34(45-39(50)55)44-36(54)28-13-11-10-12-14-28)32(41)57-20-29-19-49(48-47-29)21-42-23-59-31(38(62-42)51-18-27(7)35(53)46-40(51)56)33(42)63-64(60-16-15-43-8)52(24(2)3)25(4)5;1-13-5-34(24(37)29-20(13)28)22-16-18(27(47-22,10-41-3)12-45-16)43-8-15-7-33(32-31-15)9-26-11-44-17(19(26)48-49(39,40)42-4)23(46-26)35-6-14(2)21(36)30-25(35)38;/h10-14,17-19,24-25,30-33,37-38H,9,15-16,20-23H2,1-7H3,(H,46,53,56)(H,44,45,54,55);5-7,16-19,22-23H,8-12H2,1-4H3,(H,39,40)(H2,28,29,37)(H,30,36,38);1H4/p-1/t30-,31-,32?,33?,37+,38+,41-,42-,64?;16-,17-,18?,19?,22+,23+,26-,27-;/m00./s1. The number of nitrogen functional groups attached to an aromatic ring is 1. The first-order valence-electron chi connectivity index (χ1n) is 36.4. The first kappa shape index (κ1) is 83.3. The van der Waals surface area contributed by atoms with E-state index in [4.69, 9.17) is 78.0 Å². The van der Waals surface area contributed by atoms with E-state index in [2.05, 4.69) is 59.9 Å². The molecule has 114 heavy (non-hydrogen) atoms. The van der Waals surface area contributed by atoms with Gasteiger partial charge in [-0.1, -0.05) is 43.0 Å². The number of carbonyl (C=O) groups excluding carboxylic acids is 1. The molecule has 15 rings (SSSR count). The number of anilines is 2. The average Bonchev–Trinajstić information content (AvgIpc) is 1.57. The van der Waals surface area contributed by atoms with Crippen LogP contribution in [0.4, 0.5) is 11.6 Å². The Balaban J connectivity index is 0.000000204. The van der Waals surface area contributed by atoms with E-state index >= 15 is 0 Å². The number of carbonyl (C=O) groups is 1. The van der Waals surface area contributed by atoms with Crippen LogP contribution in [0.2, 0.25) is 0 Å². The van der Waals surface area contributed by atoms with E-state index in [0.29, 0.717) is 40.1 Å². The molecule has 6 unspecified atom stereocenters. The Kier molecular flexibility index (Phi) is 24.2. The normalized spacial score (nSPS) is 29.6. The quantitative estimate of drug-likeness (QED) is 0.0282. The second-order valence-electron chi connectivity index (χ2n) is 29.4. The highest BCUT2D eigenvalue weighted by molar-refractivity contribution is 7.45. The highest BCUT2D eigenvalue weighted by Gasteiger charge is 2.68. The van der Waals surface area contributed by atoms with Crippen LogP contribution in [0.5, 0.6) is 0 Å². The molecule has 18 atom stereocenters. The highest BCUT2D eigenvalue weighted by atomic mass is 31.2. The van der Waals surface area contributed by atoms with Crippen molar-refractivity contribution < 1.29 is 84.5 Å². The smallest absolute Gasteiger partial charge is 0.351 e. The molecule has 0 aliphatic carbocycles. The minimum absolute atomic E-state index is 0. The summed E-state index contributed by atoms with van der Waals surface area (Å²) in [6.45, 7) is 24.7. The number of phosphoric acid groups is 1. The van der Waals surface area contributed by atoms with Gasteiger partial charge in [0.2, 0.25) is 6.54 Å². The number of benzene rings is 1. The number of H-pyrrole nitrogens is 2. The molecular weight excluding hydrogens is 1540 g/mol. The van der Waals surface area contributed by atoms with E-state index < -0.39 is 146 Å². The van der Waals surface area contributed by atoms with Crippen molar-refractivity contribution in [2.75, 3.05) is 71.5 Å². The number of rotatable bonds is 30. The summed E-state index contributed by atoms with van der Waals surface area (Å²) < 4.78 is 114. The number of aromatic nitrogens is 14. The summed E-state index contributed by atoms with van der Waals surface area (Å²) in [7, 11) is -4.10. The molecule has 8 bridgehead atoms. The molecule has 0 radical (unpaired) electrons. The lowest BCUT2D eigenvalue weighted by atomic mass is 9.96. The van der Waals surface area contributed by atoms with Crippen LogP contribution in [-0.4, -0.2) is 222 Å². The third-order valence-electron chi connectivity index (χ3n) is 21.0. The van der Waals surface area contributed by atoms with Gasteiger partial charge in [-0.15, -0.1) is 10.2 Å². The Morgan fingerprint density at radius 3 is 1.67 bits per heavy atom. The fourth-order valence-corrected chi connectivity index (χ4v) is 18.1. The van der Waals surface area contributed by atoms with Gasteiger partial charge in [0.15, 0.2) is 24.9 Å². The van der Waals surface area contributed by atoms with Crippen LogP contribution in [0.1, 0.15) is 117 Å². The van der Waals surface area contributed by atoms with Gasteiger partial charge in [-0.25, -0.2) is 39.8 Å². The van der Waals surface area contributed by atoms with Crippen LogP contribution in [0.25, 0.3) is 4.85 Å². The second-order valence-corrected chi connectivity index (χ2v) is 32.3. The molecule has 5 N–H and O–H groups in total. The fourth-order valence-electron chi connectivity index (χ4n) is 15.6. The van der Waals surface area contributed by atoms with Gasteiger partial charge < -0.3 is 91.0 Å². The van der Waals surface area contributed by atoms with Crippen LogP contribution in [-0.2, 0) is 101 Å². The second kappa shape index (κ2) is 33.2. The van der Waals surface area contributed by atoms with Gasteiger partial charge >= 0.3 is 22.8 Å². The Labute approximate surface area is 651 Å². The predicted octanol–water partition coefficient (Wildman–Crippen LogP) is 1.53.